The van der Waals surface area contributed by atoms with Crippen molar-refractivity contribution in [2.45, 2.75) is 18.8 Å². The summed E-state index contributed by atoms with van der Waals surface area (Å²) in [7, 11) is 0. The summed E-state index contributed by atoms with van der Waals surface area (Å²) in [6.45, 7) is -0.255. The van der Waals surface area contributed by atoms with Crippen LogP contribution >= 0.6 is 11.3 Å². The standard InChI is InChI=1S/C7H8F3NOS/c8-7(9,10)6(11)4-1-5(2-12)13-3-4/h1,3,6,12H,2,11H2. The highest BCUT2D eigenvalue weighted by Crippen LogP contribution is 2.32. The van der Waals surface area contributed by atoms with E-state index >= 15 is 0 Å². The minimum Gasteiger partial charge on any atom is -0.391 e. The Morgan fingerprint density at radius 2 is 2.15 bits per heavy atom. The van der Waals surface area contributed by atoms with Gasteiger partial charge in [-0.3, -0.25) is 0 Å². The largest absolute Gasteiger partial charge is 0.407 e. The summed E-state index contributed by atoms with van der Waals surface area (Å²) in [5.74, 6) is 0. The first-order chi connectivity index (χ1) is 5.95. The smallest absolute Gasteiger partial charge is 0.391 e. The van der Waals surface area contributed by atoms with Gasteiger partial charge in [-0.15, -0.1) is 11.3 Å². The van der Waals surface area contributed by atoms with E-state index < -0.39 is 12.2 Å². The predicted octanol–water partition coefficient (Wildman–Crippen LogP) is 1.80. The second-order valence-corrected chi connectivity index (χ2v) is 3.52. The van der Waals surface area contributed by atoms with Gasteiger partial charge >= 0.3 is 6.18 Å². The van der Waals surface area contributed by atoms with E-state index in [1.807, 2.05) is 0 Å². The summed E-state index contributed by atoms with van der Waals surface area (Å²) in [5.41, 5.74) is 4.94. The van der Waals surface area contributed by atoms with E-state index in [2.05, 4.69) is 0 Å². The highest BCUT2D eigenvalue weighted by Gasteiger charge is 2.38. The Kier molecular flexibility index (Phi) is 2.94. The van der Waals surface area contributed by atoms with Crippen LogP contribution in [0.5, 0.6) is 0 Å². The molecule has 1 atom stereocenters. The lowest BCUT2D eigenvalue weighted by atomic mass is 10.1. The van der Waals surface area contributed by atoms with Crippen LogP contribution in [0.1, 0.15) is 16.5 Å². The fraction of sp³-hybridized carbons (Fsp3) is 0.429. The minimum absolute atomic E-state index is 0.00144. The molecular formula is C7H8F3NOS. The molecule has 0 fully saturated rings. The van der Waals surface area contributed by atoms with Gasteiger partial charge in [-0.2, -0.15) is 13.2 Å². The molecule has 0 amide bonds. The Hall–Kier alpha value is -0.590. The van der Waals surface area contributed by atoms with Crippen molar-refractivity contribution in [2.75, 3.05) is 0 Å². The molecule has 74 valence electrons. The summed E-state index contributed by atoms with van der Waals surface area (Å²) in [5, 5.41) is 9.93. The Labute approximate surface area is 76.8 Å². The highest BCUT2D eigenvalue weighted by molar-refractivity contribution is 7.10. The molecule has 1 aromatic rings. The van der Waals surface area contributed by atoms with Crippen LogP contribution in [0, 0.1) is 0 Å². The lowest BCUT2D eigenvalue weighted by Crippen LogP contribution is -2.27. The van der Waals surface area contributed by atoms with Gasteiger partial charge < -0.3 is 10.8 Å². The number of halogens is 3. The second kappa shape index (κ2) is 3.65. The molecule has 0 saturated heterocycles. The first kappa shape index (κ1) is 10.5. The van der Waals surface area contributed by atoms with Crippen LogP contribution in [-0.4, -0.2) is 11.3 Å². The topological polar surface area (TPSA) is 46.2 Å². The average Bonchev–Trinajstić information content (AvgIpc) is 2.48. The van der Waals surface area contributed by atoms with E-state index in [1.165, 1.54) is 11.4 Å². The van der Waals surface area contributed by atoms with E-state index in [4.69, 9.17) is 10.8 Å². The van der Waals surface area contributed by atoms with Gasteiger partial charge in [0, 0.05) is 4.88 Å². The number of thiophene rings is 1. The number of hydrogen-bond acceptors (Lipinski definition) is 3. The fourth-order valence-electron chi connectivity index (χ4n) is 0.833. The zero-order valence-corrected chi connectivity index (χ0v) is 7.32. The van der Waals surface area contributed by atoms with Crippen LogP contribution < -0.4 is 5.73 Å². The van der Waals surface area contributed by atoms with E-state index in [1.54, 1.807) is 0 Å². The number of aliphatic hydroxyl groups excluding tert-OH is 1. The van der Waals surface area contributed by atoms with Crippen molar-refractivity contribution < 1.29 is 18.3 Å². The molecule has 3 N–H and O–H groups in total. The van der Waals surface area contributed by atoms with Crippen LogP contribution in [0.3, 0.4) is 0 Å². The molecule has 0 radical (unpaired) electrons. The maximum atomic E-state index is 12.1. The van der Waals surface area contributed by atoms with Gasteiger partial charge in [-0.05, 0) is 17.0 Å². The summed E-state index contributed by atoms with van der Waals surface area (Å²) in [4.78, 5) is 0.481. The van der Waals surface area contributed by atoms with E-state index in [0.717, 1.165) is 11.3 Å². The van der Waals surface area contributed by atoms with Gasteiger partial charge in [0.05, 0.1) is 6.61 Å². The molecule has 0 aliphatic rings. The third-order valence-corrected chi connectivity index (χ3v) is 2.48. The quantitative estimate of drug-likeness (QED) is 0.783. The number of nitrogens with two attached hydrogens (primary N) is 1. The monoisotopic (exact) mass is 211 g/mol. The average molecular weight is 211 g/mol. The van der Waals surface area contributed by atoms with Crippen molar-refractivity contribution in [3.8, 4) is 0 Å². The third kappa shape index (κ3) is 2.43. The first-order valence-electron chi connectivity index (χ1n) is 3.45. The molecule has 0 saturated carbocycles. The Bertz CT molecular complexity index is 284. The van der Waals surface area contributed by atoms with E-state index in [0.29, 0.717) is 4.88 Å². The van der Waals surface area contributed by atoms with Gasteiger partial charge in [0.2, 0.25) is 0 Å². The van der Waals surface area contributed by atoms with Crippen LogP contribution in [-0.2, 0) is 6.61 Å². The summed E-state index contributed by atoms with van der Waals surface area (Å²) in [6.07, 6.45) is -4.42. The maximum absolute atomic E-state index is 12.1. The Morgan fingerprint density at radius 3 is 2.54 bits per heavy atom. The molecular weight excluding hydrogens is 203 g/mol. The van der Waals surface area contributed by atoms with Gasteiger partial charge in [0.1, 0.15) is 6.04 Å². The molecule has 1 heterocycles. The van der Waals surface area contributed by atoms with Crippen molar-refractivity contribution in [1.82, 2.24) is 0 Å². The SMILES string of the molecule is NC(c1csc(CO)c1)C(F)(F)F. The number of aliphatic hydroxyl groups is 1. The minimum atomic E-state index is -4.42. The lowest BCUT2D eigenvalue weighted by molar-refractivity contribution is -0.149. The highest BCUT2D eigenvalue weighted by atomic mass is 32.1. The molecule has 1 rings (SSSR count). The van der Waals surface area contributed by atoms with Crippen LogP contribution in [0.4, 0.5) is 13.2 Å². The predicted molar refractivity (Wildman–Crippen MR) is 43.2 cm³/mol. The van der Waals surface area contributed by atoms with Gasteiger partial charge in [-0.1, -0.05) is 0 Å². The third-order valence-electron chi connectivity index (χ3n) is 1.54. The van der Waals surface area contributed by atoms with Crippen molar-refractivity contribution in [3.05, 3.63) is 21.9 Å². The molecule has 6 heteroatoms. The Balaban J connectivity index is 2.83. The summed E-state index contributed by atoms with van der Waals surface area (Å²) >= 11 is 1.06. The molecule has 0 aliphatic carbocycles. The molecule has 0 spiro atoms. The lowest BCUT2D eigenvalue weighted by Gasteiger charge is -2.13. The molecule has 1 unspecified atom stereocenters. The number of rotatable bonds is 2. The van der Waals surface area contributed by atoms with E-state index in [9.17, 15) is 13.2 Å². The first-order valence-corrected chi connectivity index (χ1v) is 4.33. The summed E-state index contributed by atoms with van der Waals surface area (Å²) in [6, 6.07) is -0.688. The molecule has 0 bridgehead atoms. The van der Waals surface area contributed by atoms with E-state index in [-0.39, 0.29) is 12.2 Å². The van der Waals surface area contributed by atoms with Crippen LogP contribution in [0.2, 0.25) is 0 Å². The molecule has 1 aromatic heterocycles. The van der Waals surface area contributed by atoms with Crippen LogP contribution in [0.25, 0.3) is 0 Å². The number of hydrogen-bond donors (Lipinski definition) is 2. The normalized spacial score (nSPS) is 14.5. The molecule has 2 nitrogen and oxygen atoms in total. The van der Waals surface area contributed by atoms with Crippen molar-refractivity contribution in [1.29, 1.82) is 0 Å². The zero-order valence-electron chi connectivity index (χ0n) is 6.51. The molecule has 13 heavy (non-hydrogen) atoms. The van der Waals surface area contributed by atoms with Gasteiger partial charge in [0.15, 0.2) is 0 Å². The zero-order chi connectivity index (χ0) is 10.1. The van der Waals surface area contributed by atoms with Crippen LogP contribution in [0.15, 0.2) is 11.4 Å². The second-order valence-electron chi connectivity index (χ2n) is 2.52. The van der Waals surface area contributed by atoms with Gasteiger partial charge in [0.25, 0.3) is 0 Å². The summed E-state index contributed by atoms with van der Waals surface area (Å²) < 4.78 is 36.2. The molecule has 0 aliphatic heterocycles. The van der Waals surface area contributed by atoms with Crippen molar-refractivity contribution >= 4 is 11.3 Å². The van der Waals surface area contributed by atoms with Crippen molar-refractivity contribution in [3.63, 3.8) is 0 Å². The molecule has 0 aromatic carbocycles. The maximum Gasteiger partial charge on any atom is 0.407 e. The Morgan fingerprint density at radius 1 is 1.54 bits per heavy atom. The van der Waals surface area contributed by atoms with Crippen molar-refractivity contribution in [2.24, 2.45) is 5.73 Å². The van der Waals surface area contributed by atoms with Gasteiger partial charge in [-0.25, -0.2) is 0 Å². The fourth-order valence-corrected chi connectivity index (χ4v) is 1.61. The number of alkyl halides is 3.